The molecule has 5 rings (SSSR count). The van der Waals surface area contributed by atoms with Gasteiger partial charge >= 0.3 is 0 Å². The number of amides is 1. The van der Waals surface area contributed by atoms with Crippen molar-refractivity contribution < 1.29 is 4.79 Å². The van der Waals surface area contributed by atoms with Crippen LogP contribution in [0.1, 0.15) is 47.7 Å². The third-order valence-electron chi connectivity index (χ3n) is 6.67. The summed E-state index contributed by atoms with van der Waals surface area (Å²) in [6.45, 7) is 8.30. The van der Waals surface area contributed by atoms with E-state index in [0.29, 0.717) is 16.7 Å². The number of allylic oxidation sites excluding steroid dienone is 1. The van der Waals surface area contributed by atoms with Crippen molar-refractivity contribution in [2.75, 3.05) is 10.6 Å². The summed E-state index contributed by atoms with van der Waals surface area (Å²) in [4.78, 5) is 18.4. The second kappa shape index (κ2) is 10.6. The van der Waals surface area contributed by atoms with Crippen LogP contribution in [0.4, 0.5) is 11.6 Å². The Balaban J connectivity index is 1.49. The van der Waals surface area contributed by atoms with Gasteiger partial charge in [0.05, 0.1) is 5.57 Å². The summed E-state index contributed by atoms with van der Waals surface area (Å²) >= 11 is 1.60. The number of anilines is 2. The van der Waals surface area contributed by atoms with E-state index in [9.17, 15) is 4.79 Å². The van der Waals surface area contributed by atoms with Gasteiger partial charge in [-0.2, -0.15) is 4.98 Å². The van der Waals surface area contributed by atoms with Crippen molar-refractivity contribution in [3.05, 3.63) is 112 Å². The average Bonchev–Trinajstić information content (AvgIpc) is 3.31. The average molecular weight is 510 g/mol. The maximum absolute atomic E-state index is 13.6. The van der Waals surface area contributed by atoms with Crippen LogP contribution < -0.4 is 10.6 Å². The van der Waals surface area contributed by atoms with Gasteiger partial charge in [0.1, 0.15) is 6.04 Å². The molecule has 1 aromatic heterocycles. The van der Waals surface area contributed by atoms with Crippen molar-refractivity contribution in [1.29, 1.82) is 0 Å². The fraction of sp³-hybridized carbons (Fsp3) is 0.233. The number of para-hydroxylation sites is 1. The zero-order valence-corrected chi connectivity index (χ0v) is 22.4. The number of rotatable bonds is 7. The molecule has 4 aromatic rings. The number of hydrogen-bond acceptors (Lipinski definition) is 5. The number of benzene rings is 3. The molecule has 0 saturated carbocycles. The third kappa shape index (κ3) is 5.32. The van der Waals surface area contributed by atoms with Crippen molar-refractivity contribution in [1.82, 2.24) is 14.8 Å². The van der Waals surface area contributed by atoms with E-state index in [1.165, 1.54) is 22.3 Å². The number of aromatic nitrogens is 3. The first-order valence-electron chi connectivity index (χ1n) is 12.5. The normalized spacial score (nSPS) is 14.8. The number of nitrogens with zero attached hydrogens (tertiary/aromatic N) is 3. The van der Waals surface area contributed by atoms with E-state index < -0.39 is 6.04 Å². The highest BCUT2D eigenvalue weighted by molar-refractivity contribution is 7.98. The molecule has 6 nitrogen and oxygen atoms in total. The minimum Gasteiger partial charge on any atom is -0.328 e. The Labute approximate surface area is 222 Å². The van der Waals surface area contributed by atoms with Gasteiger partial charge in [0.15, 0.2) is 0 Å². The molecule has 0 aliphatic carbocycles. The predicted molar refractivity (Wildman–Crippen MR) is 151 cm³/mol. The lowest BCUT2D eigenvalue weighted by molar-refractivity contribution is -0.113. The Hall–Kier alpha value is -3.84. The van der Waals surface area contributed by atoms with E-state index >= 15 is 0 Å². The standard InChI is InChI=1S/C30H31N5OS/c1-5-22-13-15-23(16-14-22)27-26(28(36)32-25-9-7-6-8-10-25)21(4)31-29-33-30(34-35(27)29)37-18-24-17-19(2)11-12-20(24)3/h6-17,27H,5,18H2,1-4H3,(H,32,36)(H,31,33,34)/t27-/m0/s1. The van der Waals surface area contributed by atoms with Crippen LogP contribution in [0.5, 0.6) is 0 Å². The van der Waals surface area contributed by atoms with Gasteiger partial charge in [0.25, 0.3) is 5.91 Å². The molecule has 37 heavy (non-hydrogen) atoms. The second-order valence-corrected chi connectivity index (χ2v) is 10.3. The van der Waals surface area contributed by atoms with Gasteiger partial charge in [-0.15, -0.1) is 5.10 Å². The number of thioether (sulfide) groups is 1. The molecular weight excluding hydrogens is 478 g/mol. The Morgan fingerprint density at radius 1 is 1.03 bits per heavy atom. The molecule has 1 aliphatic heterocycles. The summed E-state index contributed by atoms with van der Waals surface area (Å²) in [5, 5.41) is 12.0. The molecule has 2 N–H and O–H groups in total. The van der Waals surface area contributed by atoms with E-state index in [1.807, 2.05) is 41.9 Å². The molecule has 0 unspecified atom stereocenters. The zero-order chi connectivity index (χ0) is 25.9. The first-order chi connectivity index (χ1) is 17.9. The zero-order valence-electron chi connectivity index (χ0n) is 21.6. The number of nitrogens with one attached hydrogen (secondary N) is 2. The number of carbonyl (C=O) groups is 1. The maximum atomic E-state index is 13.6. The summed E-state index contributed by atoms with van der Waals surface area (Å²) < 4.78 is 1.85. The molecule has 0 radical (unpaired) electrons. The van der Waals surface area contributed by atoms with E-state index in [0.717, 1.165) is 29.1 Å². The molecule has 1 atom stereocenters. The monoisotopic (exact) mass is 509 g/mol. The van der Waals surface area contributed by atoms with Crippen LogP contribution in [-0.2, 0) is 17.0 Å². The first-order valence-corrected chi connectivity index (χ1v) is 13.5. The number of carbonyl (C=O) groups excluding carboxylic acids is 1. The SMILES string of the molecule is CCc1ccc([C@H]2C(C(=O)Nc3ccccc3)=C(C)Nc3nc(SCc4cc(C)ccc4C)nn32)cc1. The molecule has 3 aromatic carbocycles. The van der Waals surface area contributed by atoms with Crippen molar-refractivity contribution in [3.8, 4) is 0 Å². The predicted octanol–water partition coefficient (Wildman–Crippen LogP) is 6.68. The van der Waals surface area contributed by atoms with Gasteiger partial charge in [-0.25, -0.2) is 4.68 Å². The molecule has 1 amide bonds. The van der Waals surface area contributed by atoms with E-state index in [-0.39, 0.29) is 5.91 Å². The summed E-state index contributed by atoms with van der Waals surface area (Å²) in [7, 11) is 0. The third-order valence-corrected chi connectivity index (χ3v) is 7.56. The van der Waals surface area contributed by atoms with E-state index in [1.54, 1.807) is 11.8 Å². The largest absolute Gasteiger partial charge is 0.328 e. The van der Waals surface area contributed by atoms with Crippen molar-refractivity contribution in [3.63, 3.8) is 0 Å². The molecule has 2 heterocycles. The van der Waals surface area contributed by atoms with Crippen LogP contribution in [0.15, 0.2) is 89.2 Å². The quantitative estimate of drug-likeness (QED) is 0.272. The van der Waals surface area contributed by atoms with Crippen molar-refractivity contribution >= 4 is 29.3 Å². The van der Waals surface area contributed by atoms with E-state index in [2.05, 4.69) is 73.9 Å². The van der Waals surface area contributed by atoms with Gasteiger partial charge in [-0.3, -0.25) is 4.79 Å². The highest BCUT2D eigenvalue weighted by Crippen LogP contribution is 2.37. The maximum Gasteiger partial charge on any atom is 0.255 e. The van der Waals surface area contributed by atoms with Crippen LogP contribution in [0.2, 0.25) is 0 Å². The number of hydrogen-bond donors (Lipinski definition) is 2. The van der Waals surface area contributed by atoms with Gasteiger partial charge < -0.3 is 10.6 Å². The Kier molecular flexibility index (Phi) is 7.15. The van der Waals surface area contributed by atoms with Crippen LogP contribution in [0.25, 0.3) is 0 Å². The van der Waals surface area contributed by atoms with Gasteiger partial charge in [0.2, 0.25) is 11.1 Å². The lowest BCUT2D eigenvalue weighted by Crippen LogP contribution is -2.31. The number of fused-ring (bicyclic) bond motifs is 1. The van der Waals surface area contributed by atoms with Gasteiger partial charge in [-0.05, 0) is 61.6 Å². The molecule has 0 bridgehead atoms. The van der Waals surface area contributed by atoms with Crippen molar-refractivity contribution in [2.45, 2.75) is 51.1 Å². The summed E-state index contributed by atoms with van der Waals surface area (Å²) in [6.07, 6.45) is 0.955. The first kappa shape index (κ1) is 24.8. The molecular formula is C30H31N5OS. The fourth-order valence-corrected chi connectivity index (χ4v) is 5.44. The summed E-state index contributed by atoms with van der Waals surface area (Å²) in [6, 6.07) is 24.0. The molecule has 188 valence electrons. The van der Waals surface area contributed by atoms with Gasteiger partial charge in [0, 0.05) is 17.1 Å². The minimum atomic E-state index is -0.395. The second-order valence-electron chi connectivity index (χ2n) is 9.36. The smallest absolute Gasteiger partial charge is 0.255 e. The number of aryl methyl sites for hydroxylation is 3. The van der Waals surface area contributed by atoms with Gasteiger partial charge in [-0.1, -0.05) is 84.9 Å². The molecule has 0 spiro atoms. The highest BCUT2D eigenvalue weighted by Gasteiger charge is 2.34. The molecule has 7 heteroatoms. The lowest BCUT2D eigenvalue weighted by atomic mass is 9.94. The minimum absolute atomic E-state index is 0.161. The topological polar surface area (TPSA) is 71.8 Å². The summed E-state index contributed by atoms with van der Waals surface area (Å²) in [5.74, 6) is 1.26. The molecule has 0 fully saturated rings. The van der Waals surface area contributed by atoms with Crippen LogP contribution in [0, 0.1) is 13.8 Å². The van der Waals surface area contributed by atoms with Crippen LogP contribution in [-0.4, -0.2) is 20.7 Å². The molecule has 0 saturated heterocycles. The fourth-order valence-electron chi connectivity index (χ4n) is 4.55. The lowest BCUT2D eigenvalue weighted by Gasteiger charge is -2.28. The molecule has 1 aliphatic rings. The Morgan fingerprint density at radius 2 is 1.78 bits per heavy atom. The van der Waals surface area contributed by atoms with Crippen LogP contribution in [0.3, 0.4) is 0 Å². The summed E-state index contributed by atoms with van der Waals surface area (Å²) in [5.41, 5.74) is 8.15. The van der Waals surface area contributed by atoms with Crippen LogP contribution >= 0.6 is 11.8 Å². The Bertz CT molecular complexity index is 1460. The highest BCUT2D eigenvalue weighted by atomic mass is 32.2. The van der Waals surface area contributed by atoms with Crippen molar-refractivity contribution in [2.24, 2.45) is 0 Å². The van der Waals surface area contributed by atoms with E-state index in [4.69, 9.17) is 10.1 Å². The Morgan fingerprint density at radius 3 is 2.51 bits per heavy atom.